The van der Waals surface area contributed by atoms with Crippen molar-refractivity contribution in [3.63, 3.8) is 0 Å². The van der Waals surface area contributed by atoms with Crippen molar-refractivity contribution in [2.45, 2.75) is 0 Å². The van der Waals surface area contributed by atoms with Gasteiger partial charge in [-0.2, -0.15) is 9.97 Å². The summed E-state index contributed by atoms with van der Waals surface area (Å²) in [6.45, 7) is 0. The summed E-state index contributed by atoms with van der Waals surface area (Å²) in [5.74, 6) is 2.24. The summed E-state index contributed by atoms with van der Waals surface area (Å²) in [5.41, 5.74) is 13.5. The maximum atomic E-state index is 6.73. The van der Waals surface area contributed by atoms with Gasteiger partial charge in [0.05, 0.1) is 27.8 Å². The zero-order valence-electron chi connectivity index (χ0n) is 34.9. The van der Waals surface area contributed by atoms with Crippen LogP contribution in [0, 0.1) is 0 Å². The Morgan fingerprint density at radius 3 is 1.37 bits per heavy atom. The van der Waals surface area contributed by atoms with Gasteiger partial charge in [0.15, 0.2) is 17.2 Å². The van der Waals surface area contributed by atoms with Crippen LogP contribution >= 0.6 is 0 Å². The number of oxazole rings is 1. The fourth-order valence-electron chi connectivity index (χ4n) is 9.43. The van der Waals surface area contributed by atoms with E-state index in [-0.39, 0.29) is 0 Å². The summed E-state index contributed by atoms with van der Waals surface area (Å²) in [6, 6.07) is 75.6. The lowest BCUT2D eigenvalue weighted by Crippen LogP contribution is -2.07. The number of nitrogens with zero attached hydrogens (tertiary/aromatic N) is 6. The van der Waals surface area contributed by atoms with Crippen LogP contribution in [0.1, 0.15) is 0 Å². The Bertz CT molecular complexity index is 3840. The van der Waals surface area contributed by atoms with Gasteiger partial charge in [-0.15, -0.1) is 0 Å². The van der Waals surface area contributed by atoms with Crippen molar-refractivity contribution < 1.29 is 4.42 Å². The molecule has 0 bridgehead atoms. The van der Waals surface area contributed by atoms with Gasteiger partial charge in [-0.25, -0.2) is 9.97 Å². The molecule has 7 heteroatoms. The van der Waals surface area contributed by atoms with Crippen LogP contribution in [0.25, 0.3) is 123 Å². The van der Waals surface area contributed by atoms with Crippen molar-refractivity contribution in [2.24, 2.45) is 0 Å². The van der Waals surface area contributed by atoms with Gasteiger partial charge in [-0.05, 0) is 70.8 Å². The molecule has 13 rings (SSSR count). The highest BCUT2D eigenvalue weighted by molar-refractivity contribution is 6.24. The monoisotopic (exact) mass is 832 g/mol. The average molecular weight is 833 g/mol. The van der Waals surface area contributed by atoms with Crippen LogP contribution in [0.5, 0.6) is 0 Å². The van der Waals surface area contributed by atoms with Gasteiger partial charge in [0.1, 0.15) is 5.52 Å². The molecule has 0 aliphatic heterocycles. The molecule has 0 radical (unpaired) electrons. The quantitative estimate of drug-likeness (QED) is 0.160. The highest BCUT2D eigenvalue weighted by atomic mass is 16.3. The lowest BCUT2D eigenvalue weighted by atomic mass is 10.0. The van der Waals surface area contributed by atoms with Gasteiger partial charge in [-0.3, -0.25) is 4.57 Å². The van der Waals surface area contributed by atoms with E-state index in [1.165, 1.54) is 0 Å². The molecule has 0 aliphatic rings. The third-order valence-electron chi connectivity index (χ3n) is 12.4. The van der Waals surface area contributed by atoms with E-state index < -0.39 is 0 Å². The fraction of sp³-hybridized carbons (Fsp3) is 0. The third kappa shape index (κ3) is 6.05. The van der Waals surface area contributed by atoms with Crippen molar-refractivity contribution in [3.8, 4) is 68.1 Å². The second-order valence-corrected chi connectivity index (χ2v) is 16.2. The second kappa shape index (κ2) is 14.9. The lowest BCUT2D eigenvalue weighted by Gasteiger charge is -2.14. The molecule has 0 fully saturated rings. The lowest BCUT2D eigenvalue weighted by molar-refractivity contribution is 0.618. The Labute approximate surface area is 373 Å². The minimum absolute atomic E-state index is 0.514. The number of hydrogen-bond acceptors (Lipinski definition) is 5. The molecule has 7 nitrogen and oxygen atoms in total. The van der Waals surface area contributed by atoms with Crippen LogP contribution in [0.15, 0.2) is 223 Å². The van der Waals surface area contributed by atoms with Gasteiger partial charge >= 0.3 is 0 Å². The predicted molar refractivity (Wildman–Crippen MR) is 263 cm³/mol. The Hall–Kier alpha value is -8.94. The fourth-order valence-corrected chi connectivity index (χ4v) is 9.43. The van der Waals surface area contributed by atoms with Gasteiger partial charge in [0.25, 0.3) is 0 Å². The first-order valence-electron chi connectivity index (χ1n) is 21.7. The number of para-hydroxylation sites is 3. The molecule has 0 saturated heterocycles. The molecule has 0 aliphatic carbocycles. The van der Waals surface area contributed by atoms with E-state index in [0.717, 1.165) is 93.8 Å². The number of hydrogen-bond donors (Lipinski definition) is 0. The first-order valence-corrected chi connectivity index (χ1v) is 21.7. The Kier molecular flexibility index (Phi) is 8.39. The van der Waals surface area contributed by atoms with E-state index >= 15 is 0 Å². The van der Waals surface area contributed by atoms with Gasteiger partial charge in [0, 0.05) is 38.2 Å². The largest absolute Gasteiger partial charge is 0.434 e. The molecule has 9 aromatic carbocycles. The molecule has 0 amide bonds. The highest BCUT2D eigenvalue weighted by Gasteiger charge is 2.25. The molecule has 0 atom stereocenters. The van der Waals surface area contributed by atoms with E-state index in [1.807, 2.05) is 48.5 Å². The summed E-state index contributed by atoms with van der Waals surface area (Å²) < 4.78 is 11.3. The summed E-state index contributed by atoms with van der Waals surface area (Å²) in [4.78, 5) is 21.1. The van der Waals surface area contributed by atoms with E-state index in [2.05, 4.69) is 179 Å². The molecule has 304 valence electrons. The minimum atomic E-state index is 0.514. The van der Waals surface area contributed by atoms with E-state index in [0.29, 0.717) is 29.1 Å². The molecule has 13 aromatic rings. The maximum absolute atomic E-state index is 6.73. The van der Waals surface area contributed by atoms with E-state index in [9.17, 15) is 0 Å². The zero-order chi connectivity index (χ0) is 42.8. The maximum Gasteiger partial charge on any atom is 0.238 e. The summed E-state index contributed by atoms with van der Waals surface area (Å²) >= 11 is 0. The summed E-state index contributed by atoms with van der Waals surface area (Å²) in [6.07, 6.45) is 0. The Morgan fingerprint density at radius 2 is 0.785 bits per heavy atom. The predicted octanol–water partition coefficient (Wildman–Crippen LogP) is 14.5. The Balaban J connectivity index is 1.12. The first-order chi connectivity index (χ1) is 32.2. The Morgan fingerprint density at radius 1 is 0.323 bits per heavy atom. The molecule has 4 aromatic heterocycles. The van der Waals surface area contributed by atoms with Crippen LogP contribution in [-0.4, -0.2) is 29.1 Å². The standard InChI is InChI=1S/C58H36N6O/c1-4-17-37(18-5-1)40-23-14-25-42(35-40)55-60-56(43-26-15-24-41(36-43)38-19-6-2-7-20-38)62-58(61-55)64-50-31-13-11-28-45(50)47-34-33-46-44-27-10-12-30-49(44)63(52(46)53(47)64)51-32-16-29-48-54(51)65-57(59-48)39-21-8-3-9-22-39/h1-36H. The molecular weight excluding hydrogens is 797 g/mol. The number of benzene rings is 9. The molecular formula is C58H36N6O. The first kappa shape index (κ1) is 36.7. The van der Waals surface area contributed by atoms with Gasteiger partial charge < -0.3 is 8.98 Å². The zero-order valence-corrected chi connectivity index (χ0v) is 34.9. The molecule has 0 saturated carbocycles. The van der Waals surface area contributed by atoms with Crippen LogP contribution in [0.4, 0.5) is 0 Å². The molecule has 0 unspecified atom stereocenters. The van der Waals surface area contributed by atoms with E-state index in [4.69, 9.17) is 24.4 Å². The average Bonchev–Trinajstić information content (AvgIpc) is 4.08. The summed E-state index contributed by atoms with van der Waals surface area (Å²) in [7, 11) is 0. The molecule has 0 spiro atoms. The minimum Gasteiger partial charge on any atom is -0.434 e. The number of aromatic nitrogens is 6. The number of fused-ring (bicyclic) bond motifs is 8. The van der Waals surface area contributed by atoms with Crippen LogP contribution < -0.4 is 0 Å². The molecule has 0 N–H and O–H groups in total. The van der Waals surface area contributed by atoms with Crippen LogP contribution in [0.3, 0.4) is 0 Å². The SMILES string of the molecule is c1ccc(-c2cccc(-c3nc(-c4cccc(-c5ccccc5)c4)nc(-n4c5ccccc5c5ccc6c7ccccc7n(-c7cccc8nc(-c9ccccc9)oc78)c6c54)n3)c2)cc1. The van der Waals surface area contributed by atoms with Crippen molar-refractivity contribution in [3.05, 3.63) is 218 Å². The number of rotatable bonds is 7. The molecule has 65 heavy (non-hydrogen) atoms. The van der Waals surface area contributed by atoms with Crippen molar-refractivity contribution >= 4 is 54.7 Å². The van der Waals surface area contributed by atoms with Gasteiger partial charge in [-0.1, -0.05) is 170 Å². The summed E-state index contributed by atoms with van der Waals surface area (Å²) in [5, 5.41) is 4.38. The van der Waals surface area contributed by atoms with Crippen molar-refractivity contribution in [2.75, 3.05) is 0 Å². The van der Waals surface area contributed by atoms with E-state index in [1.54, 1.807) is 0 Å². The topological polar surface area (TPSA) is 74.6 Å². The second-order valence-electron chi connectivity index (χ2n) is 16.2. The van der Waals surface area contributed by atoms with Gasteiger partial charge in [0.2, 0.25) is 11.8 Å². The smallest absolute Gasteiger partial charge is 0.238 e. The van der Waals surface area contributed by atoms with Crippen molar-refractivity contribution in [1.29, 1.82) is 0 Å². The van der Waals surface area contributed by atoms with Crippen molar-refractivity contribution in [1.82, 2.24) is 29.1 Å². The molecule has 4 heterocycles. The normalized spacial score (nSPS) is 11.7. The van der Waals surface area contributed by atoms with Crippen LogP contribution in [-0.2, 0) is 0 Å². The highest BCUT2D eigenvalue weighted by Crippen LogP contribution is 2.43. The third-order valence-corrected chi connectivity index (χ3v) is 12.4. The van der Waals surface area contributed by atoms with Crippen LogP contribution in [0.2, 0.25) is 0 Å².